The summed E-state index contributed by atoms with van der Waals surface area (Å²) in [4.78, 5) is 37.4. The van der Waals surface area contributed by atoms with Crippen molar-refractivity contribution in [2.75, 3.05) is 20.2 Å². The first kappa shape index (κ1) is 19.0. The Kier molecular flexibility index (Phi) is 6.17. The number of benzene rings is 1. The molecule has 1 aromatic rings. The number of amides is 1. The Morgan fingerprint density at radius 3 is 2.48 bits per heavy atom. The molecule has 1 amide bonds. The molecule has 1 aromatic carbocycles. The lowest BCUT2D eigenvalue weighted by atomic mass is 9.82. The monoisotopic (exact) mass is 347 g/mol. The summed E-state index contributed by atoms with van der Waals surface area (Å²) in [6, 6.07) is 6.90. The van der Waals surface area contributed by atoms with Gasteiger partial charge in [0.1, 0.15) is 5.75 Å². The topological polar surface area (TPSA) is 83.9 Å². The Bertz CT molecular complexity index is 640. The van der Waals surface area contributed by atoms with Gasteiger partial charge in [0, 0.05) is 31.5 Å². The summed E-state index contributed by atoms with van der Waals surface area (Å²) < 4.78 is 5.06. The molecule has 1 fully saturated rings. The lowest BCUT2D eigenvalue weighted by Crippen LogP contribution is -2.48. The molecule has 1 heterocycles. The van der Waals surface area contributed by atoms with Gasteiger partial charge in [-0.25, -0.2) is 0 Å². The van der Waals surface area contributed by atoms with Crippen LogP contribution in [0.4, 0.5) is 0 Å². The van der Waals surface area contributed by atoms with E-state index < -0.39 is 11.4 Å². The van der Waals surface area contributed by atoms with E-state index in [1.54, 1.807) is 43.2 Å². The van der Waals surface area contributed by atoms with Crippen molar-refractivity contribution in [3.63, 3.8) is 0 Å². The predicted molar refractivity (Wildman–Crippen MR) is 92.7 cm³/mol. The highest BCUT2D eigenvalue weighted by atomic mass is 16.5. The Balaban J connectivity index is 1.81. The largest absolute Gasteiger partial charge is 0.497 e. The van der Waals surface area contributed by atoms with Crippen LogP contribution in [-0.2, 0) is 9.59 Å². The lowest BCUT2D eigenvalue weighted by molar-refractivity contribution is -0.153. The number of carboxylic acid groups (broad SMARTS) is 1. The van der Waals surface area contributed by atoms with Gasteiger partial charge in [-0.15, -0.1) is 0 Å². The first-order valence-electron chi connectivity index (χ1n) is 8.54. The summed E-state index contributed by atoms with van der Waals surface area (Å²) in [5.74, 6) is -0.253. The van der Waals surface area contributed by atoms with Gasteiger partial charge < -0.3 is 14.7 Å². The van der Waals surface area contributed by atoms with Crippen LogP contribution in [0, 0.1) is 5.41 Å². The van der Waals surface area contributed by atoms with E-state index in [1.807, 2.05) is 0 Å². The third kappa shape index (κ3) is 4.81. The molecule has 1 aliphatic heterocycles. The highest BCUT2D eigenvalue weighted by Crippen LogP contribution is 2.30. The van der Waals surface area contributed by atoms with Gasteiger partial charge in [-0.3, -0.25) is 14.4 Å². The molecular formula is C19H25NO5. The van der Waals surface area contributed by atoms with Gasteiger partial charge in [-0.1, -0.05) is 0 Å². The molecule has 1 N–H and O–H groups in total. The molecule has 0 radical (unpaired) electrons. The van der Waals surface area contributed by atoms with E-state index in [-0.39, 0.29) is 24.7 Å². The number of hydrogen-bond acceptors (Lipinski definition) is 4. The number of ketones is 1. The summed E-state index contributed by atoms with van der Waals surface area (Å²) in [6.45, 7) is 2.52. The summed E-state index contributed by atoms with van der Waals surface area (Å²) in [5, 5.41) is 9.32. The minimum absolute atomic E-state index is 0.00975. The number of aliphatic carboxylic acids is 1. The highest BCUT2D eigenvalue weighted by molar-refractivity contribution is 5.96. The number of carbonyl (C=O) groups is 3. The molecule has 0 spiro atoms. The highest BCUT2D eigenvalue weighted by Gasteiger charge is 2.39. The van der Waals surface area contributed by atoms with Crippen molar-refractivity contribution in [3.05, 3.63) is 29.8 Å². The molecule has 0 saturated carbocycles. The van der Waals surface area contributed by atoms with Gasteiger partial charge in [0.2, 0.25) is 5.91 Å². The van der Waals surface area contributed by atoms with Crippen LogP contribution in [0.5, 0.6) is 5.75 Å². The van der Waals surface area contributed by atoms with Crippen LogP contribution in [-0.4, -0.2) is 47.9 Å². The fraction of sp³-hybridized carbons (Fsp3) is 0.526. The van der Waals surface area contributed by atoms with Gasteiger partial charge in [0.25, 0.3) is 0 Å². The van der Waals surface area contributed by atoms with Crippen molar-refractivity contribution in [3.8, 4) is 5.75 Å². The number of hydrogen-bond donors (Lipinski definition) is 1. The van der Waals surface area contributed by atoms with Crippen LogP contribution in [0.1, 0.15) is 49.4 Å². The molecule has 6 heteroatoms. The Morgan fingerprint density at radius 2 is 1.88 bits per heavy atom. The number of Topliss-reactive ketones (excluding diaryl/α,β-unsaturated/α-hetero) is 1. The van der Waals surface area contributed by atoms with E-state index in [2.05, 4.69) is 0 Å². The van der Waals surface area contributed by atoms with Crippen molar-refractivity contribution in [1.82, 2.24) is 4.90 Å². The zero-order valence-corrected chi connectivity index (χ0v) is 14.8. The fourth-order valence-electron chi connectivity index (χ4n) is 3.11. The Hall–Kier alpha value is -2.37. The van der Waals surface area contributed by atoms with Crippen molar-refractivity contribution in [1.29, 1.82) is 0 Å². The standard InChI is InChI=1S/C19H25NO5/c1-19(18(23)24)11-4-12-20(13-19)17(22)6-3-5-16(21)14-7-9-15(25-2)10-8-14/h7-10H,3-6,11-13H2,1-2H3,(H,23,24). The molecule has 1 atom stereocenters. The Labute approximate surface area is 147 Å². The number of carbonyl (C=O) groups excluding carboxylic acids is 2. The van der Waals surface area contributed by atoms with Crippen molar-refractivity contribution in [2.45, 2.75) is 39.0 Å². The normalized spacial score (nSPS) is 20.2. The second kappa shape index (κ2) is 8.14. The van der Waals surface area contributed by atoms with Crippen LogP contribution in [0.3, 0.4) is 0 Å². The number of ether oxygens (including phenoxy) is 1. The van der Waals surface area contributed by atoms with Gasteiger partial charge in [-0.05, 0) is 50.5 Å². The fourth-order valence-corrected chi connectivity index (χ4v) is 3.11. The average Bonchev–Trinajstić information content (AvgIpc) is 2.61. The van der Waals surface area contributed by atoms with Crippen LogP contribution in [0.2, 0.25) is 0 Å². The first-order chi connectivity index (χ1) is 11.9. The molecule has 136 valence electrons. The molecule has 0 aliphatic carbocycles. The minimum Gasteiger partial charge on any atom is -0.497 e. The van der Waals surface area contributed by atoms with Crippen LogP contribution < -0.4 is 4.74 Å². The minimum atomic E-state index is -0.868. The maximum Gasteiger partial charge on any atom is 0.311 e. The van der Waals surface area contributed by atoms with E-state index in [9.17, 15) is 19.5 Å². The molecule has 6 nitrogen and oxygen atoms in total. The van der Waals surface area contributed by atoms with Gasteiger partial charge in [0.15, 0.2) is 5.78 Å². The third-order valence-electron chi connectivity index (χ3n) is 4.77. The molecule has 0 bridgehead atoms. The zero-order chi connectivity index (χ0) is 18.4. The van der Waals surface area contributed by atoms with Gasteiger partial charge in [0.05, 0.1) is 12.5 Å². The number of nitrogens with zero attached hydrogens (tertiary/aromatic N) is 1. The summed E-state index contributed by atoms with van der Waals surface area (Å²) >= 11 is 0. The molecule has 1 aliphatic rings. The maximum absolute atomic E-state index is 12.3. The number of likely N-dealkylation sites (tertiary alicyclic amines) is 1. The average molecular weight is 347 g/mol. The molecular weight excluding hydrogens is 322 g/mol. The third-order valence-corrected chi connectivity index (χ3v) is 4.77. The molecule has 2 rings (SSSR count). The Morgan fingerprint density at radius 1 is 1.20 bits per heavy atom. The molecule has 25 heavy (non-hydrogen) atoms. The summed E-state index contributed by atoms with van der Waals surface area (Å²) in [6.07, 6.45) is 2.30. The van der Waals surface area contributed by atoms with Gasteiger partial charge >= 0.3 is 5.97 Å². The zero-order valence-electron chi connectivity index (χ0n) is 14.8. The van der Waals surface area contributed by atoms with Crippen molar-refractivity contribution in [2.24, 2.45) is 5.41 Å². The van der Waals surface area contributed by atoms with E-state index in [1.165, 1.54) is 0 Å². The first-order valence-corrected chi connectivity index (χ1v) is 8.54. The molecule has 1 saturated heterocycles. The van der Waals surface area contributed by atoms with Crippen LogP contribution in [0.25, 0.3) is 0 Å². The van der Waals surface area contributed by atoms with Gasteiger partial charge in [-0.2, -0.15) is 0 Å². The van der Waals surface area contributed by atoms with Crippen molar-refractivity contribution < 1.29 is 24.2 Å². The molecule has 1 unspecified atom stereocenters. The van der Waals surface area contributed by atoms with Crippen LogP contribution in [0.15, 0.2) is 24.3 Å². The second-order valence-electron chi connectivity index (χ2n) is 6.79. The number of methoxy groups -OCH3 is 1. The SMILES string of the molecule is COc1ccc(C(=O)CCCC(=O)N2CCCC(C)(C(=O)O)C2)cc1. The predicted octanol–water partition coefficient (Wildman–Crippen LogP) is 2.76. The van der Waals surface area contributed by atoms with E-state index in [0.29, 0.717) is 43.5 Å². The van der Waals surface area contributed by atoms with Crippen molar-refractivity contribution >= 4 is 17.7 Å². The number of carboxylic acids is 1. The number of rotatable bonds is 7. The smallest absolute Gasteiger partial charge is 0.311 e. The number of piperidine rings is 1. The van der Waals surface area contributed by atoms with Crippen LogP contribution >= 0.6 is 0 Å². The molecule has 0 aromatic heterocycles. The van der Waals surface area contributed by atoms with E-state index in [0.717, 1.165) is 0 Å². The maximum atomic E-state index is 12.3. The van der Waals surface area contributed by atoms with E-state index >= 15 is 0 Å². The summed E-state index contributed by atoms with van der Waals surface area (Å²) in [7, 11) is 1.57. The lowest BCUT2D eigenvalue weighted by Gasteiger charge is -2.37. The second-order valence-corrected chi connectivity index (χ2v) is 6.79. The summed E-state index contributed by atoms with van der Waals surface area (Å²) in [5.41, 5.74) is -0.267. The van der Waals surface area contributed by atoms with E-state index in [4.69, 9.17) is 4.74 Å². The quantitative estimate of drug-likeness (QED) is 0.767.